The zero-order chi connectivity index (χ0) is 19.7. The fourth-order valence-electron chi connectivity index (χ4n) is 2.99. The van der Waals surface area contributed by atoms with E-state index in [2.05, 4.69) is 15.4 Å². The molecule has 1 aliphatic rings. The number of carbonyl (C=O) groups is 1. The summed E-state index contributed by atoms with van der Waals surface area (Å²) in [6.07, 6.45) is -1.91. The van der Waals surface area contributed by atoms with Gasteiger partial charge in [0.2, 0.25) is 0 Å². The summed E-state index contributed by atoms with van der Waals surface area (Å²) in [7, 11) is 1.67. The van der Waals surface area contributed by atoms with Crippen molar-refractivity contribution < 1.29 is 19.7 Å². The van der Waals surface area contributed by atoms with Crippen LogP contribution in [-0.4, -0.2) is 66.4 Å². The smallest absolute Gasteiger partial charge is 0.328 e. The second kappa shape index (κ2) is 7.47. The van der Waals surface area contributed by atoms with Gasteiger partial charge in [-0.2, -0.15) is 5.10 Å². The van der Waals surface area contributed by atoms with Gasteiger partial charge in [0.1, 0.15) is 24.0 Å². The Morgan fingerprint density at radius 3 is 2.78 bits per heavy atom. The van der Waals surface area contributed by atoms with Crippen LogP contribution in [0.1, 0.15) is 16.2 Å². The number of aliphatic hydroxyl groups is 2. The molecule has 0 saturated carbocycles. The monoisotopic (exact) mass is 379 g/mol. The Bertz CT molecular complexity index is 947. The van der Waals surface area contributed by atoms with Crippen LogP contribution >= 0.6 is 0 Å². The molecule has 3 rings (SSSR count). The lowest BCUT2D eigenvalue weighted by molar-refractivity contribution is -0.152. The summed E-state index contributed by atoms with van der Waals surface area (Å²) in [5.74, 6) is -0.499. The molecule has 2 aromatic heterocycles. The highest BCUT2D eigenvalue weighted by Crippen LogP contribution is 2.17. The van der Waals surface area contributed by atoms with Crippen LogP contribution in [0.25, 0.3) is 0 Å². The van der Waals surface area contributed by atoms with Gasteiger partial charge in [-0.05, 0) is 13.0 Å². The summed E-state index contributed by atoms with van der Waals surface area (Å²) < 4.78 is 8.27. The van der Waals surface area contributed by atoms with E-state index in [1.807, 2.05) is 0 Å². The lowest BCUT2D eigenvalue weighted by atomic mass is 9.97. The first-order chi connectivity index (χ1) is 12.8. The molecule has 0 bridgehead atoms. The Kier molecular flexibility index (Phi) is 5.26. The molecule has 27 heavy (non-hydrogen) atoms. The van der Waals surface area contributed by atoms with E-state index >= 15 is 0 Å². The van der Waals surface area contributed by atoms with Gasteiger partial charge >= 0.3 is 5.69 Å². The number of nitrogens with zero attached hydrogens (tertiary/aromatic N) is 3. The van der Waals surface area contributed by atoms with E-state index in [1.165, 1.54) is 21.4 Å². The van der Waals surface area contributed by atoms with E-state index < -0.39 is 41.5 Å². The van der Waals surface area contributed by atoms with Crippen molar-refractivity contribution in [2.45, 2.75) is 37.8 Å². The van der Waals surface area contributed by atoms with Gasteiger partial charge in [0.15, 0.2) is 0 Å². The molecule has 1 amide bonds. The van der Waals surface area contributed by atoms with Crippen molar-refractivity contribution in [2.24, 2.45) is 7.05 Å². The molecule has 0 unspecified atom stereocenters. The Morgan fingerprint density at radius 2 is 2.15 bits per heavy atom. The molecular formula is C16H21N5O6. The van der Waals surface area contributed by atoms with Crippen molar-refractivity contribution in [3.05, 3.63) is 50.6 Å². The molecule has 4 atom stereocenters. The summed E-state index contributed by atoms with van der Waals surface area (Å²) in [5, 5.41) is 27.3. The molecule has 1 fully saturated rings. The number of aromatic amines is 1. The molecule has 4 N–H and O–H groups in total. The van der Waals surface area contributed by atoms with Crippen molar-refractivity contribution in [1.82, 2.24) is 24.6 Å². The van der Waals surface area contributed by atoms with Crippen LogP contribution in [0.2, 0.25) is 0 Å². The van der Waals surface area contributed by atoms with Gasteiger partial charge in [-0.25, -0.2) is 4.79 Å². The molecule has 146 valence electrons. The van der Waals surface area contributed by atoms with Crippen LogP contribution in [0, 0.1) is 6.92 Å². The number of hydrogen-bond donors (Lipinski definition) is 4. The lowest BCUT2D eigenvalue weighted by Crippen LogP contribution is -2.60. The largest absolute Gasteiger partial charge is 0.388 e. The number of carbonyl (C=O) groups excluding carboxylic acids is 1. The zero-order valence-electron chi connectivity index (χ0n) is 14.8. The van der Waals surface area contributed by atoms with Gasteiger partial charge in [-0.1, -0.05) is 0 Å². The average Bonchev–Trinajstić information content (AvgIpc) is 3.03. The minimum Gasteiger partial charge on any atom is -0.388 e. The fourth-order valence-corrected chi connectivity index (χ4v) is 2.99. The molecule has 1 saturated heterocycles. The van der Waals surface area contributed by atoms with Crippen LogP contribution in [0.4, 0.5) is 0 Å². The highest BCUT2D eigenvalue weighted by molar-refractivity contribution is 5.92. The Labute approximate surface area is 153 Å². The molecular weight excluding hydrogens is 358 g/mol. The number of rotatable bonds is 4. The number of amides is 1. The van der Waals surface area contributed by atoms with Crippen LogP contribution in [0.3, 0.4) is 0 Å². The number of nitrogens with one attached hydrogen (secondary N) is 2. The predicted molar refractivity (Wildman–Crippen MR) is 92.3 cm³/mol. The molecule has 0 aliphatic carbocycles. The number of aromatic nitrogens is 4. The second-order valence-electron chi connectivity index (χ2n) is 6.50. The SMILES string of the molecule is Cc1cc(=O)[nH]c(=O)n1C[C@H]1OC[C@@H](NC(=O)c2ccn(C)n2)[C@H](O)[C@@H]1O. The standard InChI is InChI=1S/C16H21N5O6/c1-8-5-12(22)18-16(26)21(8)6-11-14(24)13(23)10(7-27-11)17-15(25)9-3-4-20(2)19-9/h3-5,10-11,13-14,23-24H,6-7H2,1-2H3,(H,17,25)(H,18,22,26)/t10-,11-,13+,14-/m1/s1. The number of aliphatic hydroxyl groups excluding tert-OH is 2. The highest BCUT2D eigenvalue weighted by Gasteiger charge is 2.39. The maximum absolute atomic E-state index is 12.2. The molecule has 11 heteroatoms. The van der Waals surface area contributed by atoms with Crippen LogP contribution < -0.4 is 16.6 Å². The first kappa shape index (κ1) is 19.0. The number of H-pyrrole nitrogens is 1. The van der Waals surface area contributed by atoms with Crippen molar-refractivity contribution in [3.63, 3.8) is 0 Å². The zero-order valence-corrected chi connectivity index (χ0v) is 14.8. The predicted octanol–water partition coefficient (Wildman–Crippen LogP) is -2.50. The van der Waals surface area contributed by atoms with E-state index in [-0.39, 0.29) is 18.8 Å². The Hall–Kier alpha value is -2.76. The van der Waals surface area contributed by atoms with E-state index in [4.69, 9.17) is 4.74 Å². The third kappa shape index (κ3) is 3.99. The molecule has 0 radical (unpaired) electrons. The van der Waals surface area contributed by atoms with E-state index in [0.717, 1.165) is 0 Å². The summed E-state index contributed by atoms with van der Waals surface area (Å²) in [6.45, 7) is 1.47. The minimum atomic E-state index is -1.34. The van der Waals surface area contributed by atoms with Gasteiger partial charge in [0.05, 0.1) is 19.2 Å². The van der Waals surface area contributed by atoms with Gasteiger partial charge in [-0.15, -0.1) is 0 Å². The summed E-state index contributed by atoms with van der Waals surface area (Å²) in [5.41, 5.74) is -0.566. The number of hydrogen-bond acceptors (Lipinski definition) is 7. The average molecular weight is 379 g/mol. The van der Waals surface area contributed by atoms with Crippen molar-refractivity contribution in [3.8, 4) is 0 Å². The molecule has 1 aliphatic heterocycles. The van der Waals surface area contributed by atoms with Crippen LogP contribution in [0.5, 0.6) is 0 Å². The molecule has 0 spiro atoms. The minimum absolute atomic E-state index is 0.0550. The van der Waals surface area contributed by atoms with E-state index in [9.17, 15) is 24.6 Å². The van der Waals surface area contributed by atoms with E-state index in [0.29, 0.717) is 5.69 Å². The highest BCUT2D eigenvalue weighted by atomic mass is 16.5. The number of aryl methyl sites for hydroxylation is 2. The lowest BCUT2D eigenvalue weighted by Gasteiger charge is -2.38. The van der Waals surface area contributed by atoms with Crippen molar-refractivity contribution in [2.75, 3.05) is 6.61 Å². The molecule has 3 heterocycles. The third-order valence-electron chi connectivity index (χ3n) is 4.50. The Balaban J connectivity index is 1.68. The molecule has 11 nitrogen and oxygen atoms in total. The van der Waals surface area contributed by atoms with E-state index in [1.54, 1.807) is 20.2 Å². The Morgan fingerprint density at radius 1 is 1.41 bits per heavy atom. The first-order valence-electron chi connectivity index (χ1n) is 8.35. The van der Waals surface area contributed by atoms with Crippen LogP contribution in [-0.2, 0) is 18.3 Å². The second-order valence-corrected chi connectivity index (χ2v) is 6.50. The fraction of sp³-hybridized carbons (Fsp3) is 0.500. The molecule has 0 aromatic carbocycles. The maximum Gasteiger partial charge on any atom is 0.328 e. The topological polar surface area (TPSA) is 151 Å². The van der Waals surface area contributed by atoms with Crippen molar-refractivity contribution >= 4 is 5.91 Å². The normalized spacial score (nSPS) is 25.3. The summed E-state index contributed by atoms with van der Waals surface area (Å²) >= 11 is 0. The van der Waals surface area contributed by atoms with Crippen LogP contribution in [0.15, 0.2) is 27.9 Å². The third-order valence-corrected chi connectivity index (χ3v) is 4.50. The maximum atomic E-state index is 12.2. The van der Waals surface area contributed by atoms with Gasteiger partial charge < -0.3 is 20.3 Å². The van der Waals surface area contributed by atoms with Gasteiger partial charge in [0.25, 0.3) is 11.5 Å². The summed E-state index contributed by atoms with van der Waals surface area (Å²) in [6, 6.07) is 1.94. The first-order valence-corrected chi connectivity index (χ1v) is 8.35. The van der Waals surface area contributed by atoms with Gasteiger partial charge in [0, 0.05) is 25.0 Å². The molecule has 2 aromatic rings. The quantitative estimate of drug-likeness (QED) is 0.458. The van der Waals surface area contributed by atoms with Crippen molar-refractivity contribution in [1.29, 1.82) is 0 Å². The summed E-state index contributed by atoms with van der Waals surface area (Å²) in [4.78, 5) is 37.5. The number of ether oxygens (including phenoxy) is 1. The van der Waals surface area contributed by atoms with Gasteiger partial charge in [-0.3, -0.25) is 23.8 Å².